The van der Waals surface area contributed by atoms with Gasteiger partial charge in [0.05, 0.1) is 5.92 Å². The quantitative estimate of drug-likeness (QED) is 0.850. The Balaban J connectivity index is 1.75. The maximum Gasteiger partial charge on any atom is 0.229 e. The Kier molecular flexibility index (Phi) is 5.02. The molecule has 0 spiro atoms. The van der Waals surface area contributed by atoms with Crippen LogP contribution in [0.15, 0.2) is 36.4 Å². The van der Waals surface area contributed by atoms with Crippen molar-refractivity contribution in [2.75, 3.05) is 16.8 Å². The molecule has 25 heavy (non-hydrogen) atoms. The maximum atomic E-state index is 12.5. The number of aryl methyl sites for hydroxylation is 1. The van der Waals surface area contributed by atoms with Crippen LogP contribution in [-0.2, 0) is 9.59 Å². The van der Waals surface area contributed by atoms with Crippen LogP contribution in [0.2, 0.25) is 10.0 Å². The minimum atomic E-state index is -0.412. The zero-order valence-corrected chi connectivity index (χ0v) is 15.5. The molecule has 130 valence electrons. The number of hydrogen-bond acceptors (Lipinski definition) is 2. The molecule has 4 nitrogen and oxygen atoms in total. The van der Waals surface area contributed by atoms with Crippen molar-refractivity contribution in [1.29, 1.82) is 0 Å². The zero-order valence-electron chi connectivity index (χ0n) is 14.0. The van der Waals surface area contributed by atoms with Gasteiger partial charge in [-0.05, 0) is 49.2 Å². The number of halogens is 2. The van der Waals surface area contributed by atoms with E-state index >= 15 is 0 Å². The summed E-state index contributed by atoms with van der Waals surface area (Å²) in [4.78, 5) is 26.6. The van der Waals surface area contributed by atoms with Crippen molar-refractivity contribution in [1.82, 2.24) is 0 Å². The molecule has 1 aliphatic rings. The van der Waals surface area contributed by atoms with Crippen molar-refractivity contribution < 1.29 is 9.59 Å². The predicted octanol–water partition coefficient (Wildman–Crippen LogP) is 4.60. The summed E-state index contributed by atoms with van der Waals surface area (Å²) in [7, 11) is 0. The van der Waals surface area contributed by atoms with Gasteiger partial charge in [-0.1, -0.05) is 35.3 Å². The summed E-state index contributed by atoms with van der Waals surface area (Å²) >= 11 is 11.9. The number of rotatable bonds is 3. The van der Waals surface area contributed by atoms with E-state index in [1.165, 1.54) is 0 Å². The second kappa shape index (κ2) is 7.06. The summed E-state index contributed by atoms with van der Waals surface area (Å²) in [5.41, 5.74) is 3.57. The number of amides is 2. The third-order valence-electron chi connectivity index (χ3n) is 4.49. The summed E-state index contributed by atoms with van der Waals surface area (Å²) in [6.07, 6.45) is 0.188. The molecule has 0 bridgehead atoms. The lowest BCUT2D eigenvalue weighted by Crippen LogP contribution is -2.28. The first-order valence-corrected chi connectivity index (χ1v) is 8.74. The zero-order chi connectivity index (χ0) is 18.1. The summed E-state index contributed by atoms with van der Waals surface area (Å²) in [5, 5.41) is 3.69. The van der Waals surface area contributed by atoms with Gasteiger partial charge in [0.1, 0.15) is 0 Å². The molecule has 2 aromatic carbocycles. The van der Waals surface area contributed by atoms with Crippen LogP contribution in [-0.4, -0.2) is 18.4 Å². The lowest BCUT2D eigenvalue weighted by Gasteiger charge is -2.20. The van der Waals surface area contributed by atoms with Crippen LogP contribution < -0.4 is 10.2 Å². The highest BCUT2D eigenvalue weighted by atomic mass is 35.5. The molecule has 0 aromatic heterocycles. The molecule has 6 heteroatoms. The third kappa shape index (κ3) is 3.80. The average molecular weight is 377 g/mol. The molecule has 1 saturated heterocycles. The van der Waals surface area contributed by atoms with Crippen molar-refractivity contribution in [3.05, 3.63) is 57.6 Å². The standard InChI is InChI=1S/C19H18Cl2N2O2/c1-11-4-3-5-17(12(11)2)23-10-13(6-18(23)24)19(25)22-16-8-14(20)7-15(21)9-16/h3-5,7-9,13H,6,10H2,1-2H3,(H,22,25). The van der Waals surface area contributed by atoms with Crippen LogP contribution in [0.4, 0.5) is 11.4 Å². The SMILES string of the molecule is Cc1cccc(N2CC(C(=O)Nc3cc(Cl)cc(Cl)c3)CC2=O)c1C. The number of benzene rings is 2. The Morgan fingerprint density at radius 1 is 1.16 bits per heavy atom. The Morgan fingerprint density at radius 2 is 1.84 bits per heavy atom. The molecule has 2 aromatic rings. The van der Waals surface area contributed by atoms with E-state index in [9.17, 15) is 9.59 Å². The molecular formula is C19H18Cl2N2O2. The first-order valence-electron chi connectivity index (χ1n) is 7.98. The largest absolute Gasteiger partial charge is 0.326 e. The predicted molar refractivity (Wildman–Crippen MR) is 101 cm³/mol. The number of anilines is 2. The van der Waals surface area contributed by atoms with Gasteiger partial charge in [-0.25, -0.2) is 0 Å². The summed E-state index contributed by atoms with van der Waals surface area (Å²) in [6.45, 7) is 4.36. The maximum absolute atomic E-state index is 12.5. The first kappa shape index (κ1) is 17.8. The summed E-state index contributed by atoms with van der Waals surface area (Å²) in [6, 6.07) is 10.7. The Bertz CT molecular complexity index is 831. The van der Waals surface area contributed by atoms with E-state index in [1.54, 1.807) is 23.1 Å². The number of carbonyl (C=O) groups is 2. The van der Waals surface area contributed by atoms with E-state index < -0.39 is 5.92 Å². The highest BCUT2D eigenvalue weighted by molar-refractivity contribution is 6.35. The Morgan fingerprint density at radius 3 is 2.52 bits per heavy atom. The van der Waals surface area contributed by atoms with Gasteiger partial charge in [-0.15, -0.1) is 0 Å². The minimum absolute atomic E-state index is 0.0435. The number of nitrogens with one attached hydrogen (secondary N) is 1. The van der Waals surface area contributed by atoms with Crippen LogP contribution in [0.5, 0.6) is 0 Å². The lowest BCUT2D eigenvalue weighted by atomic mass is 10.1. The monoisotopic (exact) mass is 376 g/mol. The Hall–Kier alpha value is -2.04. The van der Waals surface area contributed by atoms with Crippen LogP contribution in [0.3, 0.4) is 0 Å². The van der Waals surface area contributed by atoms with Crippen LogP contribution in [0, 0.1) is 19.8 Å². The molecule has 1 heterocycles. The van der Waals surface area contributed by atoms with Gasteiger partial charge in [-0.2, -0.15) is 0 Å². The van der Waals surface area contributed by atoms with Crippen molar-refractivity contribution in [3.8, 4) is 0 Å². The van der Waals surface area contributed by atoms with Crippen molar-refractivity contribution in [2.45, 2.75) is 20.3 Å². The summed E-state index contributed by atoms with van der Waals surface area (Å²) in [5.74, 6) is -0.664. The fraction of sp³-hybridized carbons (Fsp3) is 0.263. The number of carbonyl (C=O) groups excluding carboxylic acids is 2. The third-order valence-corrected chi connectivity index (χ3v) is 4.93. The van der Waals surface area contributed by atoms with Crippen molar-refractivity contribution in [3.63, 3.8) is 0 Å². The van der Waals surface area contributed by atoms with Gasteiger partial charge in [0.15, 0.2) is 0 Å². The van der Waals surface area contributed by atoms with Crippen LogP contribution in [0.1, 0.15) is 17.5 Å². The molecule has 1 unspecified atom stereocenters. The van der Waals surface area contributed by atoms with Gasteiger partial charge in [-0.3, -0.25) is 9.59 Å². The van der Waals surface area contributed by atoms with E-state index in [-0.39, 0.29) is 18.2 Å². The van der Waals surface area contributed by atoms with E-state index in [2.05, 4.69) is 5.32 Å². The number of nitrogens with zero attached hydrogens (tertiary/aromatic N) is 1. The molecule has 1 N–H and O–H groups in total. The molecule has 3 rings (SSSR count). The second-order valence-corrected chi connectivity index (χ2v) is 7.14. The van der Waals surface area contributed by atoms with E-state index in [0.29, 0.717) is 22.3 Å². The molecular weight excluding hydrogens is 359 g/mol. The summed E-state index contributed by atoms with van der Waals surface area (Å²) < 4.78 is 0. The van der Waals surface area contributed by atoms with Gasteiger partial charge in [0, 0.05) is 34.4 Å². The second-order valence-electron chi connectivity index (χ2n) is 6.27. The van der Waals surface area contributed by atoms with Crippen LogP contribution >= 0.6 is 23.2 Å². The van der Waals surface area contributed by atoms with Gasteiger partial charge in [0.25, 0.3) is 0 Å². The molecule has 0 saturated carbocycles. The molecule has 2 amide bonds. The van der Waals surface area contributed by atoms with E-state index in [1.807, 2.05) is 32.0 Å². The smallest absolute Gasteiger partial charge is 0.229 e. The lowest BCUT2D eigenvalue weighted by molar-refractivity contribution is -0.122. The number of hydrogen-bond donors (Lipinski definition) is 1. The van der Waals surface area contributed by atoms with Crippen molar-refractivity contribution in [2.24, 2.45) is 5.92 Å². The molecule has 0 radical (unpaired) electrons. The van der Waals surface area contributed by atoms with Crippen LogP contribution in [0.25, 0.3) is 0 Å². The van der Waals surface area contributed by atoms with E-state index in [0.717, 1.165) is 16.8 Å². The average Bonchev–Trinajstić information content (AvgIpc) is 2.91. The van der Waals surface area contributed by atoms with Crippen molar-refractivity contribution >= 4 is 46.4 Å². The highest BCUT2D eigenvalue weighted by Crippen LogP contribution is 2.30. The van der Waals surface area contributed by atoms with Gasteiger partial charge >= 0.3 is 0 Å². The minimum Gasteiger partial charge on any atom is -0.326 e. The fourth-order valence-electron chi connectivity index (χ4n) is 3.01. The first-order chi connectivity index (χ1) is 11.8. The van der Waals surface area contributed by atoms with E-state index in [4.69, 9.17) is 23.2 Å². The molecule has 1 aliphatic heterocycles. The fourth-order valence-corrected chi connectivity index (χ4v) is 3.54. The molecule has 1 atom stereocenters. The normalized spacial score (nSPS) is 17.0. The highest BCUT2D eigenvalue weighted by Gasteiger charge is 2.35. The molecule has 1 fully saturated rings. The topological polar surface area (TPSA) is 49.4 Å². The van der Waals surface area contributed by atoms with Gasteiger partial charge < -0.3 is 10.2 Å². The van der Waals surface area contributed by atoms with Gasteiger partial charge in [0.2, 0.25) is 11.8 Å². The Labute approximate surface area is 156 Å². The molecule has 0 aliphatic carbocycles.